The van der Waals surface area contributed by atoms with Gasteiger partial charge in [-0.2, -0.15) is 0 Å². The summed E-state index contributed by atoms with van der Waals surface area (Å²) in [5.41, 5.74) is 0. The van der Waals surface area contributed by atoms with Crippen molar-refractivity contribution in [3.63, 3.8) is 0 Å². The lowest BCUT2D eigenvalue weighted by atomic mass is 9.77. The Balaban J connectivity index is 2.11. The van der Waals surface area contributed by atoms with Gasteiger partial charge in [-0.25, -0.2) is 0 Å². The van der Waals surface area contributed by atoms with Crippen LogP contribution in [0, 0.1) is 11.8 Å². The first-order chi connectivity index (χ1) is 10.1. The Morgan fingerprint density at radius 2 is 1.71 bits per heavy atom. The molecule has 1 aliphatic carbocycles. The zero-order valence-electron chi connectivity index (χ0n) is 12.8. The summed E-state index contributed by atoms with van der Waals surface area (Å²) in [6, 6.07) is 0. The molecule has 2 rings (SSSR count). The average molecular weight is 300 g/mol. The van der Waals surface area contributed by atoms with Crippen molar-refractivity contribution in [3.05, 3.63) is 0 Å². The predicted molar refractivity (Wildman–Crippen MR) is 73.3 cm³/mol. The third kappa shape index (κ3) is 3.74. The average Bonchev–Trinajstić information content (AvgIpc) is 2.87. The largest absolute Gasteiger partial charge is 0.465 e. The Labute approximate surface area is 125 Å². The van der Waals surface area contributed by atoms with Crippen LogP contribution in [0.4, 0.5) is 0 Å². The minimum absolute atomic E-state index is 0.157. The topological polar surface area (TPSA) is 71.1 Å². The van der Waals surface area contributed by atoms with E-state index in [2.05, 4.69) is 0 Å². The van der Waals surface area contributed by atoms with Gasteiger partial charge in [0.2, 0.25) is 0 Å². The first-order valence-corrected chi connectivity index (χ1v) is 7.73. The molecule has 1 aliphatic heterocycles. The van der Waals surface area contributed by atoms with Gasteiger partial charge >= 0.3 is 11.9 Å². The van der Waals surface area contributed by atoms with Gasteiger partial charge in [0.15, 0.2) is 11.7 Å². The molecule has 0 unspecified atom stereocenters. The monoisotopic (exact) mass is 300 g/mol. The maximum Gasteiger partial charge on any atom is 0.320 e. The first-order valence-electron chi connectivity index (χ1n) is 7.73. The lowest BCUT2D eigenvalue weighted by Gasteiger charge is -2.38. The van der Waals surface area contributed by atoms with Crippen molar-refractivity contribution in [3.8, 4) is 0 Å². The number of hydrogen-bond donors (Lipinski definition) is 0. The Morgan fingerprint density at radius 3 is 2.24 bits per heavy atom. The molecule has 0 N–H and O–H groups in total. The van der Waals surface area contributed by atoms with Crippen LogP contribution in [0.2, 0.25) is 0 Å². The second-order valence-corrected chi connectivity index (χ2v) is 5.45. The molecule has 0 aromatic heterocycles. The fourth-order valence-corrected chi connectivity index (χ4v) is 3.23. The molecule has 0 amide bonds. The zero-order valence-corrected chi connectivity index (χ0v) is 12.8. The number of rotatable bonds is 5. The molecule has 0 aromatic rings. The van der Waals surface area contributed by atoms with Crippen molar-refractivity contribution in [1.82, 2.24) is 0 Å². The van der Waals surface area contributed by atoms with Crippen LogP contribution in [0.1, 0.15) is 39.5 Å². The van der Waals surface area contributed by atoms with Crippen LogP contribution >= 0.6 is 0 Å². The zero-order chi connectivity index (χ0) is 15.3. The highest BCUT2D eigenvalue weighted by Gasteiger charge is 2.47. The van der Waals surface area contributed by atoms with Crippen molar-refractivity contribution >= 4 is 11.9 Å². The highest BCUT2D eigenvalue weighted by Crippen LogP contribution is 2.42. The van der Waals surface area contributed by atoms with Crippen LogP contribution in [0.25, 0.3) is 0 Å². The van der Waals surface area contributed by atoms with E-state index in [1.54, 1.807) is 13.8 Å². The van der Waals surface area contributed by atoms with Gasteiger partial charge in [0.05, 0.1) is 26.4 Å². The summed E-state index contributed by atoms with van der Waals surface area (Å²) in [5, 5.41) is 0. The van der Waals surface area contributed by atoms with Crippen molar-refractivity contribution in [2.75, 3.05) is 26.4 Å². The van der Waals surface area contributed by atoms with Crippen LogP contribution in [0.3, 0.4) is 0 Å². The van der Waals surface area contributed by atoms with Gasteiger partial charge in [0, 0.05) is 12.8 Å². The summed E-state index contributed by atoms with van der Waals surface area (Å²) >= 11 is 0. The third-order valence-electron chi connectivity index (χ3n) is 4.07. The Hall–Kier alpha value is -1.14. The molecule has 2 aliphatic rings. The number of esters is 2. The van der Waals surface area contributed by atoms with E-state index < -0.39 is 23.6 Å². The molecule has 1 spiro atoms. The molecule has 21 heavy (non-hydrogen) atoms. The Kier molecular flexibility index (Phi) is 5.58. The molecule has 6 nitrogen and oxygen atoms in total. The minimum Gasteiger partial charge on any atom is -0.465 e. The molecule has 1 saturated heterocycles. The van der Waals surface area contributed by atoms with E-state index in [0.717, 1.165) is 19.3 Å². The molecule has 0 aromatic carbocycles. The molecule has 120 valence electrons. The van der Waals surface area contributed by atoms with Crippen LogP contribution in [-0.2, 0) is 28.5 Å². The molecule has 0 radical (unpaired) electrons. The Morgan fingerprint density at radius 1 is 1.14 bits per heavy atom. The van der Waals surface area contributed by atoms with Crippen LogP contribution in [0.5, 0.6) is 0 Å². The van der Waals surface area contributed by atoms with E-state index in [4.69, 9.17) is 18.9 Å². The molecule has 1 heterocycles. The van der Waals surface area contributed by atoms with Gasteiger partial charge in [-0.15, -0.1) is 0 Å². The Bertz CT molecular complexity index is 356. The van der Waals surface area contributed by atoms with Crippen molar-refractivity contribution in [2.24, 2.45) is 11.8 Å². The number of carbonyl (C=O) groups excluding carboxylic acids is 2. The van der Waals surface area contributed by atoms with E-state index in [0.29, 0.717) is 19.6 Å². The normalized spacial score (nSPS) is 24.2. The van der Waals surface area contributed by atoms with Gasteiger partial charge in [0.1, 0.15) is 0 Å². The maximum absolute atomic E-state index is 12.2. The van der Waals surface area contributed by atoms with E-state index in [1.807, 2.05) is 0 Å². The number of hydrogen-bond acceptors (Lipinski definition) is 6. The number of ether oxygens (including phenoxy) is 4. The summed E-state index contributed by atoms with van der Waals surface area (Å²) in [4.78, 5) is 24.3. The van der Waals surface area contributed by atoms with E-state index >= 15 is 0 Å². The van der Waals surface area contributed by atoms with Crippen molar-refractivity contribution in [1.29, 1.82) is 0 Å². The number of carbonyl (C=O) groups is 2. The molecule has 0 bridgehead atoms. The van der Waals surface area contributed by atoms with Crippen LogP contribution < -0.4 is 0 Å². The molecule has 1 saturated carbocycles. The molecule has 1 atom stereocenters. The lowest BCUT2D eigenvalue weighted by Crippen LogP contribution is -2.43. The minimum atomic E-state index is -0.880. The molecule has 6 heteroatoms. The fraction of sp³-hybridized carbons (Fsp3) is 0.867. The lowest BCUT2D eigenvalue weighted by molar-refractivity contribution is -0.196. The van der Waals surface area contributed by atoms with Crippen molar-refractivity contribution in [2.45, 2.75) is 45.3 Å². The quantitative estimate of drug-likeness (QED) is 0.568. The summed E-state index contributed by atoms with van der Waals surface area (Å²) in [7, 11) is 0. The summed E-state index contributed by atoms with van der Waals surface area (Å²) in [6.45, 7) is 5.09. The van der Waals surface area contributed by atoms with Gasteiger partial charge in [-0.1, -0.05) is 0 Å². The van der Waals surface area contributed by atoms with Gasteiger partial charge < -0.3 is 18.9 Å². The fourth-order valence-electron chi connectivity index (χ4n) is 3.23. The summed E-state index contributed by atoms with van der Waals surface area (Å²) < 4.78 is 21.5. The predicted octanol–water partition coefficient (Wildman–Crippen LogP) is 1.66. The van der Waals surface area contributed by atoms with Gasteiger partial charge in [-0.05, 0) is 32.6 Å². The second-order valence-electron chi connectivity index (χ2n) is 5.45. The highest BCUT2D eigenvalue weighted by atomic mass is 16.7. The highest BCUT2D eigenvalue weighted by molar-refractivity contribution is 5.95. The van der Waals surface area contributed by atoms with Gasteiger partial charge in [0.25, 0.3) is 0 Å². The van der Waals surface area contributed by atoms with Crippen molar-refractivity contribution < 1.29 is 28.5 Å². The standard InChI is InChI=1S/C15H24O6/c1-3-18-13(16)12(14(17)19-4-2)11-6-5-7-15(10-11)20-8-9-21-15/h11-12H,3-10H2,1-2H3/t11-/m0/s1. The summed E-state index contributed by atoms with van der Waals surface area (Å²) in [5.74, 6) is -2.67. The van der Waals surface area contributed by atoms with E-state index in [9.17, 15) is 9.59 Å². The maximum atomic E-state index is 12.2. The third-order valence-corrected chi connectivity index (χ3v) is 4.07. The van der Waals surface area contributed by atoms with Crippen LogP contribution in [-0.4, -0.2) is 44.2 Å². The molecular weight excluding hydrogens is 276 g/mol. The smallest absolute Gasteiger partial charge is 0.320 e. The van der Waals surface area contributed by atoms with Gasteiger partial charge in [-0.3, -0.25) is 9.59 Å². The van der Waals surface area contributed by atoms with Crippen LogP contribution in [0.15, 0.2) is 0 Å². The second kappa shape index (κ2) is 7.22. The summed E-state index contributed by atoms with van der Waals surface area (Å²) in [6.07, 6.45) is 2.98. The molecule has 2 fully saturated rings. The first kappa shape index (κ1) is 16.2. The SMILES string of the molecule is CCOC(=O)C(C(=O)OCC)[C@H]1CCCC2(C1)OCCO2. The van der Waals surface area contributed by atoms with E-state index in [1.165, 1.54) is 0 Å². The van der Waals surface area contributed by atoms with E-state index in [-0.39, 0.29) is 19.1 Å². The molecular formula is C15H24O6.